The molecule has 0 atom stereocenters. The molecule has 1 saturated heterocycles. The first-order valence-electron chi connectivity index (χ1n) is 6.97. The van der Waals surface area contributed by atoms with Crippen LogP contribution in [0.15, 0.2) is 29.4 Å². The minimum absolute atomic E-state index is 0.0481. The van der Waals surface area contributed by atoms with Crippen LogP contribution in [0.25, 0.3) is 11.0 Å². The van der Waals surface area contributed by atoms with E-state index in [2.05, 4.69) is 15.3 Å². The normalized spacial score (nSPS) is 16.2. The lowest BCUT2D eigenvalue weighted by atomic mass is 10.0. The number of aromatic nitrogens is 2. The van der Waals surface area contributed by atoms with Crippen LogP contribution in [-0.2, 0) is 0 Å². The zero-order chi connectivity index (χ0) is 14.7. The van der Waals surface area contributed by atoms with Gasteiger partial charge in [0, 0.05) is 17.9 Å². The fourth-order valence-corrected chi connectivity index (χ4v) is 3.45. The largest absolute Gasteiger partial charge is 0.317 e. The smallest absolute Gasteiger partial charge is 0.271 e. The third-order valence-corrected chi connectivity index (χ3v) is 4.77. The predicted octanol–water partition coefficient (Wildman–Crippen LogP) is 2.63. The average Bonchev–Trinajstić information content (AvgIpc) is 2.53. The Morgan fingerprint density at radius 3 is 2.90 bits per heavy atom. The molecule has 6 nitrogen and oxygen atoms in total. The molecule has 1 aliphatic heterocycles. The van der Waals surface area contributed by atoms with Crippen molar-refractivity contribution in [3.05, 3.63) is 34.5 Å². The summed E-state index contributed by atoms with van der Waals surface area (Å²) < 4.78 is 0. The number of nitro benzene ring substituents is 1. The van der Waals surface area contributed by atoms with E-state index in [1.807, 2.05) is 0 Å². The molecule has 0 spiro atoms. The Bertz CT molecular complexity index is 658. The van der Waals surface area contributed by atoms with Gasteiger partial charge in [0.15, 0.2) is 0 Å². The minimum Gasteiger partial charge on any atom is -0.317 e. The molecule has 1 fully saturated rings. The number of nitrogens with zero attached hydrogens (tertiary/aromatic N) is 3. The van der Waals surface area contributed by atoms with E-state index in [0.717, 1.165) is 29.8 Å². The van der Waals surface area contributed by atoms with Crippen LogP contribution in [0.5, 0.6) is 0 Å². The number of non-ortho nitro benzene ring substituents is 1. The molecule has 1 aromatic heterocycles. The molecule has 3 rings (SSSR count). The van der Waals surface area contributed by atoms with E-state index in [9.17, 15) is 10.1 Å². The van der Waals surface area contributed by atoms with Crippen molar-refractivity contribution in [1.82, 2.24) is 15.3 Å². The standard InChI is InChI=1S/C14H16N4O2S/c19-18(20)11-1-2-12-13(7-11)16-8-14(17-12)21-9-10-3-5-15-6-4-10/h1-2,7-8,10,15H,3-6,9H2. The molecule has 2 heterocycles. The summed E-state index contributed by atoms with van der Waals surface area (Å²) in [4.78, 5) is 19.1. The summed E-state index contributed by atoms with van der Waals surface area (Å²) in [5.74, 6) is 1.78. The molecule has 7 heteroatoms. The van der Waals surface area contributed by atoms with Gasteiger partial charge < -0.3 is 5.32 Å². The van der Waals surface area contributed by atoms with Gasteiger partial charge in [-0.2, -0.15) is 0 Å². The van der Waals surface area contributed by atoms with Crippen molar-refractivity contribution < 1.29 is 4.92 Å². The first-order chi connectivity index (χ1) is 10.2. The fourth-order valence-electron chi connectivity index (χ4n) is 2.42. The van der Waals surface area contributed by atoms with Crippen LogP contribution >= 0.6 is 11.8 Å². The topological polar surface area (TPSA) is 81.0 Å². The molecule has 0 radical (unpaired) electrons. The van der Waals surface area contributed by atoms with Crippen LogP contribution in [0.2, 0.25) is 0 Å². The van der Waals surface area contributed by atoms with Crippen LogP contribution < -0.4 is 5.32 Å². The van der Waals surface area contributed by atoms with E-state index < -0.39 is 4.92 Å². The van der Waals surface area contributed by atoms with Gasteiger partial charge in [-0.3, -0.25) is 15.1 Å². The molecule has 0 aliphatic carbocycles. The van der Waals surface area contributed by atoms with Gasteiger partial charge >= 0.3 is 0 Å². The Labute approximate surface area is 126 Å². The van der Waals surface area contributed by atoms with Crippen molar-refractivity contribution in [2.75, 3.05) is 18.8 Å². The van der Waals surface area contributed by atoms with Crippen LogP contribution in [0.4, 0.5) is 5.69 Å². The molecule has 1 N–H and O–H groups in total. The highest BCUT2D eigenvalue weighted by Gasteiger charge is 2.14. The second-order valence-electron chi connectivity index (χ2n) is 5.14. The van der Waals surface area contributed by atoms with E-state index in [4.69, 9.17) is 0 Å². The number of nitro groups is 1. The van der Waals surface area contributed by atoms with Gasteiger partial charge in [0.1, 0.15) is 5.03 Å². The zero-order valence-electron chi connectivity index (χ0n) is 11.5. The second-order valence-corrected chi connectivity index (χ2v) is 6.18. The van der Waals surface area contributed by atoms with E-state index in [1.165, 1.54) is 25.0 Å². The van der Waals surface area contributed by atoms with Crippen LogP contribution in [0.3, 0.4) is 0 Å². The van der Waals surface area contributed by atoms with Crippen molar-refractivity contribution in [1.29, 1.82) is 0 Å². The third kappa shape index (κ3) is 3.48. The lowest BCUT2D eigenvalue weighted by Gasteiger charge is -2.21. The van der Waals surface area contributed by atoms with E-state index in [0.29, 0.717) is 11.0 Å². The van der Waals surface area contributed by atoms with Crippen molar-refractivity contribution in [2.24, 2.45) is 5.92 Å². The molecule has 1 aliphatic rings. The Morgan fingerprint density at radius 2 is 2.14 bits per heavy atom. The summed E-state index contributed by atoms with van der Waals surface area (Å²) in [6.45, 7) is 2.19. The zero-order valence-corrected chi connectivity index (χ0v) is 12.3. The molecule has 110 valence electrons. The average molecular weight is 304 g/mol. The van der Waals surface area contributed by atoms with Crippen molar-refractivity contribution in [3.8, 4) is 0 Å². The third-order valence-electron chi connectivity index (χ3n) is 3.64. The Morgan fingerprint density at radius 1 is 1.33 bits per heavy atom. The van der Waals surface area contributed by atoms with Crippen molar-refractivity contribution in [2.45, 2.75) is 17.9 Å². The summed E-state index contributed by atoms with van der Waals surface area (Å²) in [6.07, 6.45) is 4.12. The molecule has 0 unspecified atom stereocenters. The Balaban J connectivity index is 1.71. The van der Waals surface area contributed by atoms with Gasteiger partial charge in [-0.15, -0.1) is 11.8 Å². The summed E-state index contributed by atoms with van der Waals surface area (Å²) in [5, 5.41) is 15.0. The molecule has 0 saturated carbocycles. The van der Waals surface area contributed by atoms with Crippen LogP contribution in [0, 0.1) is 16.0 Å². The SMILES string of the molecule is O=[N+]([O-])c1ccc2nc(SCC3CCNCC3)cnc2c1. The summed E-state index contributed by atoms with van der Waals surface area (Å²) in [6, 6.07) is 4.59. The van der Waals surface area contributed by atoms with Gasteiger partial charge in [-0.1, -0.05) is 0 Å². The number of rotatable bonds is 4. The molecule has 0 amide bonds. The maximum atomic E-state index is 10.7. The van der Waals surface area contributed by atoms with Gasteiger partial charge in [0.25, 0.3) is 5.69 Å². The Hall–Kier alpha value is -1.73. The summed E-state index contributed by atoms with van der Waals surface area (Å²) >= 11 is 1.72. The highest BCUT2D eigenvalue weighted by molar-refractivity contribution is 7.99. The predicted molar refractivity (Wildman–Crippen MR) is 82.5 cm³/mol. The van der Waals surface area contributed by atoms with Crippen molar-refractivity contribution in [3.63, 3.8) is 0 Å². The number of piperidine rings is 1. The number of fused-ring (bicyclic) bond motifs is 1. The number of thioether (sulfide) groups is 1. The van der Waals surface area contributed by atoms with Crippen molar-refractivity contribution >= 4 is 28.5 Å². The molecular weight excluding hydrogens is 288 g/mol. The summed E-state index contributed by atoms with van der Waals surface area (Å²) in [7, 11) is 0. The summed E-state index contributed by atoms with van der Waals surface area (Å²) in [5.41, 5.74) is 1.32. The van der Waals surface area contributed by atoms with E-state index in [-0.39, 0.29) is 5.69 Å². The van der Waals surface area contributed by atoms with Crippen LogP contribution in [-0.4, -0.2) is 33.7 Å². The lowest BCUT2D eigenvalue weighted by molar-refractivity contribution is -0.384. The van der Waals surface area contributed by atoms with E-state index in [1.54, 1.807) is 24.0 Å². The molecule has 2 aromatic rings. The van der Waals surface area contributed by atoms with E-state index >= 15 is 0 Å². The molecule has 21 heavy (non-hydrogen) atoms. The number of hydrogen-bond acceptors (Lipinski definition) is 6. The maximum Gasteiger partial charge on any atom is 0.271 e. The Kier molecular flexibility index (Phi) is 4.31. The number of nitrogens with one attached hydrogen (secondary N) is 1. The quantitative estimate of drug-likeness (QED) is 0.531. The number of benzene rings is 1. The highest BCUT2D eigenvalue weighted by atomic mass is 32.2. The monoisotopic (exact) mass is 304 g/mol. The maximum absolute atomic E-state index is 10.7. The van der Waals surface area contributed by atoms with Crippen LogP contribution in [0.1, 0.15) is 12.8 Å². The highest BCUT2D eigenvalue weighted by Crippen LogP contribution is 2.25. The molecule has 1 aromatic carbocycles. The fraction of sp³-hybridized carbons (Fsp3) is 0.429. The number of hydrogen-bond donors (Lipinski definition) is 1. The van der Waals surface area contributed by atoms with Gasteiger partial charge in [0.05, 0.1) is 22.2 Å². The first-order valence-corrected chi connectivity index (χ1v) is 7.95. The van der Waals surface area contributed by atoms with Gasteiger partial charge in [-0.25, -0.2) is 4.98 Å². The minimum atomic E-state index is -0.416. The lowest BCUT2D eigenvalue weighted by Crippen LogP contribution is -2.28. The molecule has 0 bridgehead atoms. The van der Waals surface area contributed by atoms with Gasteiger partial charge in [0.2, 0.25) is 0 Å². The molecular formula is C14H16N4O2S. The van der Waals surface area contributed by atoms with Gasteiger partial charge in [-0.05, 0) is 37.9 Å². The first kappa shape index (κ1) is 14.2. The second kappa shape index (κ2) is 6.36.